The van der Waals surface area contributed by atoms with Crippen LogP contribution >= 0.6 is 0 Å². The van der Waals surface area contributed by atoms with Gasteiger partial charge in [0.2, 0.25) is 11.8 Å². The number of amides is 1. The van der Waals surface area contributed by atoms with Crippen LogP contribution in [0.25, 0.3) is 5.69 Å². The van der Waals surface area contributed by atoms with Crippen LogP contribution in [-0.4, -0.2) is 20.7 Å². The number of hydrogen-bond donors (Lipinski definition) is 3. The molecule has 2 aromatic carbocycles. The monoisotopic (exact) mass is 376 g/mol. The van der Waals surface area contributed by atoms with E-state index in [1.165, 1.54) is 16.7 Å². The van der Waals surface area contributed by atoms with Gasteiger partial charge >= 0.3 is 0 Å². The Morgan fingerprint density at radius 1 is 0.964 bits per heavy atom. The number of rotatable bonds is 3. The third kappa shape index (κ3) is 2.34. The van der Waals surface area contributed by atoms with Crippen LogP contribution in [0.3, 0.4) is 0 Å². The van der Waals surface area contributed by atoms with Gasteiger partial charge in [-0.1, -0.05) is 24.3 Å². The molecule has 140 valence electrons. The summed E-state index contributed by atoms with van der Waals surface area (Å²) in [6.45, 7) is 0. The number of benzene rings is 2. The van der Waals surface area contributed by atoms with Gasteiger partial charge in [0.1, 0.15) is 5.82 Å². The summed E-state index contributed by atoms with van der Waals surface area (Å²) in [4.78, 5) is 12.4. The predicted octanol–water partition coefficient (Wildman–Crippen LogP) is 4.42. The van der Waals surface area contributed by atoms with Gasteiger partial charge in [0.25, 0.3) is 5.91 Å². The van der Waals surface area contributed by atoms with Crippen LogP contribution < -0.4 is 5.32 Å². The summed E-state index contributed by atoms with van der Waals surface area (Å²) in [5.74, 6) is -0.605. The third-order valence-corrected chi connectivity index (χ3v) is 5.53. The van der Waals surface area contributed by atoms with Crippen molar-refractivity contribution in [1.29, 1.82) is 0 Å². The summed E-state index contributed by atoms with van der Waals surface area (Å²) in [7, 11) is 0. The number of anilines is 1. The van der Waals surface area contributed by atoms with E-state index in [-0.39, 0.29) is 29.3 Å². The first-order valence-electron chi connectivity index (χ1n) is 9.05. The maximum atomic E-state index is 13.7. The fourth-order valence-corrected chi connectivity index (χ4v) is 4.20. The minimum Gasteiger partial charge on any atom is -0.494 e. The SMILES string of the molecule is O=C(Nc1ccccc1F)c1ccc(-n2c(O)c3c(c2O)[C@H]2C=C[C@@H]3C2)cc1. The van der Waals surface area contributed by atoms with Gasteiger partial charge in [0.15, 0.2) is 0 Å². The normalized spacial score (nSPS) is 19.0. The largest absolute Gasteiger partial charge is 0.494 e. The second-order valence-corrected chi connectivity index (χ2v) is 7.12. The summed E-state index contributed by atoms with van der Waals surface area (Å²) in [6, 6.07) is 12.4. The number of para-hydroxylation sites is 1. The van der Waals surface area contributed by atoms with Crippen molar-refractivity contribution < 1.29 is 19.4 Å². The van der Waals surface area contributed by atoms with E-state index in [2.05, 4.69) is 17.5 Å². The molecule has 2 aliphatic carbocycles. The molecule has 0 aliphatic heterocycles. The number of aromatic nitrogens is 1. The highest BCUT2D eigenvalue weighted by molar-refractivity contribution is 6.04. The van der Waals surface area contributed by atoms with Gasteiger partial charge in [-0.15, -0.1) is 0 Å². The van der Waals surface area contributed by atoms with Crippen LogP contribution in [0.2, 0.25) is 0 Å². The van der Waals surface area contributed by atoms with Crippen molar-refractivity contribution in [1.82, 2.24) is 4.57 Å². The highest BCUT2D eigenvalue weighted by atomic mass is 19.1. The molecule has 0 spiro atoms. The summed E-state index contributed by atoms with van der Waals surface area (Å²) >= 11 is 0. The molecule has 2 aliphatic rings. The van der Waals surface area contributed by atoms with E-state index in [4.69, 9.17) is 0 Å². The van der Waals surface area contributed by atoms with Crippen LogP contribution in [0.1, 0.15) is 39.7 Å². The Hall–Kier alpha value is -3.54. The van der Waals surface area contributed by atoms with Crippen molar-refractivity contribution in [3.05, 3.63) is 83.2 Å². The van der Waals surface area contributed by atoms with Crippen LogP contribution in [-0.2, 0) is 0 Å². The first-order chi connectivity index (χ1) is 13.5. The molecule has 1 amide bonds. The van der Waals surface area contributed by atoms with Gasteiger partial charge < -0.3 is 15.5 Å². The number of halogens is 1. The third-order valence-electron chi connectivity index (χ3n) is 5.53. The molecule has 28 heavy (non-hydrogen) atoms. The second-order valence-electron chi connectivity index (χ2n) is 7.12. The van der Waals surface area contributed by atoms with Gasteiger partial charge in [0, 0.05) is 28.5 Å². The standard InChI is InChI=1S/C22H17FN2O3/c23-16-3-1-2-4-17(16)24-20(26)12-7-9-15(10-8-12)25-21(27)18-13-5-6-14(11-13)19(18)22(25)28/h1-10,13-14,27-28H,11H2,(H,24,26)/t13-,14+. The molecule has 2 bridgehead atoms. The molecule has 0 saturated heterocycles. The lowest BCUT2D eigenvalue weighted by Crippen LogP contribution is -2.13. The first kappa shape index (κ1) is 16.6. The van der Waals surface area contributed by atoms with E-state index in [0.29, 0.717) is 11.3 Å². The first-order valence-corrected chi connectivity index (χ1v) is 9.05. The lowest BCUT2D eigenvalue weighted by molar-refractivity contribution is 0.102. The molecule has 1 heterocycles. The fraction of sp³-hybridized carbons (Fsp3) is 0.136. The average molecular weight is 376 g/mol. The molecule has 1 aromatic heterocycles. The Balaban J connectivity index is 1.44. The molecule has 5 nitrogen and oxygen atoms in total. The van der Waals surface area contributed by atoms with Crippen LogP contribution in [0.15, 0.2) is 60.7 Å². The van der Waals surface area contributed by atoms with E-state index in [1.54, 1.807) is 36.4 Å². The summed E-state index contributed by atoms with van der Waals surface area (Å²) in [6.07, 6.45) is 5.01. The van der Waals surface area contributed by atoms with Gasteiger partial charge in [-0.2, -0.15) is 0 Å². The van der Waals surface area contributed by atoms with E-state index < -0.39 is 11.7 Å². The van der Waals surface area contributed by atoms with Crippen molar-refractivity contribution >= 4 is 11.6 Å². The lowest BCUT2D eigenvalue weighted by atomic mass is 10.0. The average Bonchev–Trinajstić information content (AvgIpc) is 3.38. The number of hydrogen-bond acceptors (Lipinski definition) is 3. The number of nitrogens with one attached hydrogen (secondary N) is 1. The zero-order valence-electron chi connectivity index (χ0n) is 14.8. The Kier molecular flexibility index (Phi) is 3.55. The van der Waals surface area contributed by atoms with E-state index in [0.717, 1.165) is 17.5 Å². The van der Waals surface area contributed by atoms with Gasteiger partial charge in [-0.05, 0) is 42.8 Å². The number of fused-ring (bicyclic) bond motifs is 5. The van der Waals surface area contributed by atoms with Crippen molar-refractivity contribution in [3.63, 3.8) is 0 Å². The topological polar surface area (TPSA) is 74.5 Å². The molecule has 5 rings (SSSR count). The van der Waals surface area contributed by atoms with Gasteiger partial charge in [0.05, 0.1) is 11.4 Å². The Bertz CT molecular complexity index is 1100. The van der Waals surface area contributed by atoms with Crippen molar-refractivity contribution in [2.24, 2.45) is 0 Å². The molecule has 0 radical (unpaired) electrons. The minimum atomic E-state index is -0.507. The lowest BCUT2D eigenvalue weighted by Gasteiger charge is -2.11. The van der Waals surface area contributed by atoms with E-state index in [1.807, 2.05) is 0 Å². The highest BCUT2D eigenvalue weighted by Gasteiger charge is 2.41. The van der Waals surface area contributed by atoms with Crippen molar-refractivity contribution in [2.75, 3.05) is 5.32 Å². The Morgan fingerprint density at radius 3 is 2.18 bits per heavy atom. The van der Waals surface area contributed by atoms with Gasteiger partial charge in [-0.3, -0.25) is 9.36 Å². The molecule has 6 heteroatoms. The van der Waals surface area contributed by atoms with Crippen LogP contribution in [0, 0.1) is 5.82 Å². The zero-order chi connectivity index (χ0) is 19.4. The fourth-order valence-electron chi connectivity index (χ4n) is 4.20. The summed E-state index contributed by atoms with van der Waals surface area (Å²) in [5.41, 5.74) is 2.56. The Labute approximate surface area is 160 Å². The summed E-state index contributed by atoms with van der Waals surface area (Å²) in [5, 5.41) is 23.8. The minimum absolute atomic E-state index is 0.0351. The molecule has 2 atom stereocenters. The number of nitrogens with zero attached hydrogens (tertiary/aromatic N) is 1. The highest BCUT2D eigenvalue weighted by Crippen LogP contribution is 2.57. The molecule has 0 fully saturated rings. The molecular formula is C22H17FN2O3. The maximum absolute atomic E-state index is 13.7. The second kappa shape index (κ2) is 5.99. The number of aromatic hydroxyl groups is 2. The molecule has 0 unspecified atom stereocenters. The van der Waals surface area contributed by atoms with E-state index >= 15 is 0 Å². The molecule has 0 saturated carbocycles. The van der Waals surface area contributed by atoms with E-state index in [9.17, 15) is 19.4 Å². The smallest absolute Gasteiger partial charge is 0.255 e. The Morgan fingerprint density at radius 2 is 1.57 bits per heavy atom. The quantitative estimate of drug-likeness (QED) is 0.593. The van der Waals surface area contributed by atoms with Crippen LogP contribution in [0.4, 0.5) is 10.1 Å². The van der Waals surface area contributed by atoms with Crippen LogP contribution in [0.5, 0.6) is 11.8 Å². The maximum Gasteiger partial charge on any atom is 0.255 e. The van der Waals surface area contributed by atoms with Gasteiger partial charge in [-0.25, -0.2) is 4.39 Å². The zero-order valence-corrected chi connectivity index (χ0v) is 14.8. The number of carbonyl (C=O) groups excluding carboxylic acids is 1. The summed E-state index contributed by atoms with van der Waals surface area (Å²) < 4.78 is 15.1. The molecule has 3 aromatic rings. The molecular weight excluding hydrogens is 359 g/mol. The number of allylic oxidation sites excluding steroid dienone is 2. The predicted molar refractivity (Wildman–Crippen MR) is 103 cm³/mol. The van der Waals surface area contributed by atoms with Crippen molar-refractivity contribution in [2.45, 2.75) is 18.3 Å². The molecule has 3 N–H and O–H groups in total. The number of carbonyl (C=O) groups is 1. The van der Waals surface area contributed by atoms with Crippen molar-refractivity contribution in [3.8, 4) is 17.4 Å².